The quantitative estimate of drug-likeness (QED) is 0.841. The second kappa shape index (κ2) is 5.01. The molecular formula is C13H17N3O. The van der Waals surface area contributed by atoms with Crippen LogP contribution in [0.4, 0.5) is 0 Å². The summed E-state index contributed by atoms with van der Waals surface area (Å²) in [4.78, 5) is 0. The molecule has 2 aromatic rings. The number of hydrogen-bond acceptors (Lipinski definition) is 3. The van der Waals surface area contributed by atoms with Gasteiger partial charge in [0, 0.05) is 18.8 Å². The maximum atomic E-state index is 9.50. The maximum Gasteiger partial charge on any atom is 0.116 e. The van der Waals surface area contributed by atoms with Gasteiger partial charge >= 0.3 is 0 Å². The van der Waals surface area contributed by atoms with Gasteiger partial charge in [0.05, 0.1) is 5.69 Å². The molecule has 0 aliphatic heterocycles. The summed E-state index contributed by atoms with van der Waals surface area (Å²) in [5.74, 6) is 0.274. The van der Waals surface area contributed by atoms with Gasteiger partial charge in [-0.3, -0.25) is 4.68 Å². The third-order valence-corrected chi connectivity index (χ3v) is 2.68. The average molecular weight is 231 g/mol. The fourth-order valence-corrected chi connectivity index (χ4v) is 1.90. The lowest BCUT2D eigenvalue weighted by molar-refractivity contribution is 0.475. The summed E-state index contributed by atoms with van der Waals surface area (Å²) in [6.45, 7) is 0.663. The topological polar surface area (TPSA) is 64.1 Å². The third kappa shape index (κ3) is 2.65. The molecule has 3 N–H and O–H groups in total. The molecule has 2 rings (SSSR count). The molecule has 17 heavy (non-hydrogen) atoms. The Hall–Kier alpha value is -1.81. The van der Waals surface area contributed by atoms with Crippen LogP contribution >= 0.6 is 0 Å². The molecule has 0 amide bonds. The molecule has 4 nitrogen and oxygen atoms in total. The molecule has 4 heteroatoms. The minimum absolute atomic E-state index is 0.274. The molecule has 90 valence electrons. The number of rotatable bonds is 4. The highest BCUT2D eigenvalue weighted by atomic mass is 16.3. The van der Waals surface area contributed by atoms with Crippen molar-refractivity contribution >= 4 is 0 Å². The number of benzene rings is 1. The number of nitrogens with zero attached hydrogens (tertiary/aromatic N) is 2. The molecule has 1 aromatic heterocycles. The van der Waals surface area contributed by atoms with Gasteiger partial charge in [0.1, 0.15) is 5.75 Å². The molecule has 1 heterocycles. The van der Waals surface area contributed by atoms with Crippen LogP contribution < -0.4 is 5.73 Å². The van der Waals surface area contributed by atoms with Crippen LogP contribution in [0.25, 0.3) is 11.1 Å². The molecule has 0 unspecified atom stereocenters. The number of aryl methyl sites for hydroxylation is 2. The van der Waals surface area contributed by atoms with Crippen LogP contribution in [0.2, 0.25) is 0 Å². The van der Waals surface area contributed by atoms with Crippen LogP contribution in [0.1, 0.15) is 12.1 Å². The largest absolute Gasteiger partial charge is 0.508 e. The molecule has 0 atom stereocenters. The molecule has 1 aromatic carbocycles. The first kappa shape index (κ1) is 11.7. The Morgan fingerprint density at radius 2 is 2.24 bits per heavy atom. The molecule has 0 aliphatic carbocycles. The molecule has 0 fully saturated rings. The van der Waals surface area contributed by atoms with Crippen LogP contribution in [0.5, 0.6) is 5.75 Å². The highest BCUT2D eigenvalue weighted by molar-refractivity contribution is 5.66. The highest BCUT2D eigenvalue weighted by Gasteiger charge is 2.09. The Morgan fingerprint density at radius 1 is 1.41 bits per heavy atom. The van der Waals surface area contributed by atoms with Crippen LogP contribution in [0.3, 0.4) is 0 Å². The van der Waals surface area contributed by atoms with Gasteiger partial charge in [0.15, 0.2) is 0 Å². The smallest absolute Gasteiger partial charge is 0.116 e. The van der Waals surface area contributed by atoms with Crippen molar-refractivity contribution < 1.29 is 5.11 Å². The Kier molecular flexibility index (Phi) is 3.44. The summed E-state index contributed by atoms with van der Waals surface area (Å²) in [6, 6.07) is 7.23. The lowest BCUT2D eigenvalue weighted by Crippen LogP contribution is -2.01. The predicted octanol–water partition coefficient (Wildman–Crippen LogP) is 1.68. The lowest BCUT2D eigenvalue weighted by atomic mass is 10.0. The van der Waals surface area contributed by atoms with E-state index in [4.69, 9.17) is 5.73 Å². The zero-order valence-electron chi connectivity index (χ0n) is 9.93. The van der Waals surface area contributed by atoms with Gasteiger partial charge in [-0.25, -0.2) is 0 Å². The number of nitrogens with two attached hydrogens (primary N) is 1. The summed E-state index contributed by atoms with van der Waals surface area (Å²) in [6.07, 6.45) is 3.76. The van der Waals surface area contributed by atoms with Crippen LogP contribution in [-0.4, -0.2) is 21.4 Å². The van der Waals surface area contributed by atoms with Crippen molar-refractivity contribution in [2.75, 3.05) is 6.54 Å². The van der Waals surface area contributed by atoms with Gasteiger partial charge in [-0.05, 0) is 37.1 Å². The van der Waals surface area contributed by atoms with Crippen molar-refractivity contribution in [3.63, 3.8) is 0 Å². The van der Waals surface area contributed by atoms with Crippen molar-refractivity contribution in [3.8, 4) is 16.9 Å². The van der Waals surface area contributed by atoms with Gasteiger partial charge in [-0.15, -0.1) is 0 Å². The lowest BCUT2D eigenvalue weighted by Gasteiger charge is -2.02. The number of phenolic OH excluding ortho intramolecular Hbond substituents is 1. The minimum atomic E-state index is 0.274. The Labute approximate surface area is 101 Å². The van der Waals surface area contributed by atoms with Crippen molar-refractivity contribution in [1.82, 2.24) is 9.78 Å². The first-order chi connectivity index (χ1) is 8.20. The first-order valence-electron chi connectivity index (χ1n) is 5.72. The molecule has 0 radical (unpaired) electrons. The van der Waals surface area contributed by atoms with E-state index in [9.17, 15) is 5.11 Å². The monoisotopic (exact) mass is 231 g/mol. The summed E-state index contributed by atoms with van der Waals surface area (Å²) < 4.78 is 1.80. The van der Waals surface area contributed by atoms with E-state index in [1.165, 1.54) is 0 Å². The fourth-order valence-electron chi connectivity index (χ4n) is 1.90. The maximum absolute atomic E-state index is 9.50. The summed E-state index contributed by atoms with van der Waals surface area (Å²) in [5.41, 5.74) is 8.61. The van der Waals surface area contributed by atoms with Gasteiger partial charge in [0.2, 0.25) is 0 Å². The Morgan fingerprint density at radius 3 is 2.94 bits per heavy atom. The molecule has 0 saturated heterocycles. The number of phenols is 1. The summed E-state index contributed by atoms with van der Waals surface area (Å²) in [7, 11) is 1.90. The number of aromatic nitrogens is 2. The molecule has 0 spiro atoms. The molecule has 0 bridgehead atoms. The zero-order valence-corrected chi connectivity index (χ0v) is 9.93. The molecular weight excluding hydrogens is 214 g/mol. The second-order valence-corrected chi connectivity index (χ2v) is 4.11. The Balaban J connectivity index is 2.37. The van der Waals surface area contributed by atoms with E-state index < -0.39 is 0 Å². The van der Waals surface area contributed by atoms with Crippen molar-refractivity contribution in [2.45, 2.75) is 12.8 Å². The van der Waals surface area contributed by atoms with E-state index in [0.29, 0.717) is 6.54 Å². The van der Waals surface area contributed by atoms with E-state index >= 15 is 0 Å². The van der Waals surface area contributed by atoms with E-state index in [1.807, 2.05) is 25.4 Å². The summed E-state index contributed by atoms with van der Waals surface area (Å²) >= 11 is 0. The predicted molar refractivity (Wildman–Crippen MR) is 67.7 cm³/mol. The molecule has 0 saturated carbocycles. The highest BCUT2D eigenvalue weighted by Crippen LogP contribution is 2.26. The average Bonchev–Trinajstić information content (AvgIpc) is 2.68. The zero-order chi connectivity index (χ0) is 12.3. The van der Waals surface area contributed by atoms with Crippen LogP contribution in [0, 0.1) is 0 Å². The third-order valence-electron chi connectivity index (χ3n) is 2.68. The first-order valence-corrected chi connectivity index (χ1v) is 5.72. The van der Waals surface area contributed by atoms with Crippen molar-refractivity contribution in [2.24, 2.45) is 12.8 Å². The van der Waals surface area contributed by atoms with Crippen LogP contribution in [0.15, 0.2) is 30.5 Å². The summed E-state index contributed by atoms with van der Waals surface area (Å²) in [5, 5.41) is 13.9. The minimum Gasteiger partial charge on any atom is -0.508 e. The Bertz CT molecular complexity index is 505. The van der Waals surface area contributed by atoms with E-state index in [0.717, 1.165) is 29.7 Å². The van der Waals surface area contributed by atoms with Gasteiger partial charge in [0.25, 0.3) is 0 Å². The van der Waals surface area contributed by atoms with Crippen molar-refractivity contribution in [1.29, 1.82) is 0 Å². The van der Waals surface area contributed by atoms with E-state index in [1.54, 1.807) is 16.8 Å². The van der Waals surface area contributed by atoms with Gasteiger partial charge in [-0.1, -0.05) is 12.1 Å². The standard InChI is InChI=1S/C13H17N3O/c1-16-9-12(13(15-16)6-3-7-14)10-4-2-5-11(17)8-10/h2,4-5,8-9,17H,3,6-7,14H2,1H3. The van der Waals surface area contributed by atoms with Gasteiger partial charge < -0.3 is 10.8 Å². The van der Waals surface area contributed by atoms with Gasteiger partial charge in [-0.2, -0.15) is 5.10 Å². The number of hydrogen-bond donors (Lipinski definition) is 2. The number of aromatic hydroxyl groups is 1. The normalized spacial score (nSPS) is 10.7. The van der Waals surface area contributed by atoms with E-state index in [-0.39, 0.29) is 5.75 Å². The van der Waals surface area contributed by atoms with Crippen molar-refractivity contribution in [3.05, 3.63) is 36.2 Å². The van der Waals surface area contributed by atoms with Crippen LogP contribution in [-0.2, 0) is 13.5 Å². The fraction of sp³-hybridized carbons (Fsp3) is 0.308. The SMILES string of the molecule is Cn1cc(-c2cccc(O)c2)c(CCCN)n1. The van der Waals surface area contributed by atoms with E-state index in [2.05, 4.69) is 5.10 Å². The molecule has 0 aliphatic rings. The second-order valence-electron chi connectivity index (χ2n) is 4.11.